The normalized spacial score (nSPS) is 9.63. The molecule has 0 heterocycles. The summed E-state index contributed by atoms with van der Waals surface area (Å²) in [7, 11) is 0. The van der Waals surface area contributed by atoms with E-state index in [9.17, 15) is 0 Å². The van der Waals surface area contributed by atoms with Gasteiger partial charge in [0.15, 0.2) is 0 Å². The highest BCUT2D eigenvalue weighted by atomic mass is 16.5. The molecule has 0 spiro atoms. The van der Waals surface area contributed by atoms with Gasteiger partial charge in [-0.15, -0.1) is 6.42 Å². The third-order valence-electron chi connectivity index (χ3n) is 2.76. The van der Waals surface area contributed by atoms with Gasteiger partial charge in [0.2, 0.25) is 0 Å². The predicted molar refractivity (Wildman–Crippen MR) is 79.6 cm³/mol. The van der Waals surface area contributed by atoms with Gasteiger partial charge in [-0.2, -0.15) is 0 Å². The predicted octanol–water partition coefficient (Wildman–Crippen LogP) is 3.77. The lowest BCUT2D eigenvalue weighted by atomic mass is 9.98. The molecular weight excluding hydrogens is 232 g/mol. The van der Waals surface area contributed by atoms with E-state index in [0.717, 1.165) is 0 Å². The minimum atomic E-state index is 0.341. The van der Waals surface area contributed by atoms with Gasteiger partial charge in [-0.1, -0.05) is 72.7 Å². The van der Waals surface area contributed by atoms with Crippen LogP contribution in [0.15, 0.2) is 66.7 Å². The molecular formula is C18H16O. The maximum absolute atomic E-state index is 5.34. The van der Waals surface area contributed by atoms with E-state index in [1.807, 2.05) is 36.4 Å². The molecule has 0 aliphatic rings. The van der Waals surface area contributed by atoms with Crippen molar-refractivity contribution in [1.29, 1.82) is 0 Å². The third kappa shape index (κ3) is 3.84. The standard InChI is InChI=1S/C18H16O/c1-2-14-19-15-13-18(16-9-5-3-6-10-16)17-11-7-4-8-12-17/h1,3-13H,14-15H2. The van der Waals surface area contributed by atoms with Gasteiger partial charge >= 0.3 is 0 Å². The average molecular weight is 248 g/mol. The van der Waals surface area contributed by atoms with Gasteiger partial charge in [-0.05, 0) is 16.7 Å². The van der Waals surface area contributed by atoms with Gasteiger partial charge in [-0.25, -0.2) is 0 Å². The number of rotatable bonds is 5. The van der Waals surface area contributed by atoms with E-state index in [-0.39, 0.29) is 0 Å². The molecule has 0 N–H and O–H groups in total. The van der Waals surface area contributed by atoms with Crippen LogP contribution in [0.1, 0.15) is 11.1 Å². The van der Waals surface area contributed by atoms with Gasteiger partial charge in [0.05, 0.1) is 6.61 Å². The Labute approximate surface area is 114 Å². The molecule has 2 aromatic rings. The quantitative estimate of drug-likeness (QED) is 0.578. The minimum Gasteiger partial charge on any atom is -0.365 e. The molecule has 94 valence electrons. The zero-order valence-corrected chi connectivity index (χ0v) is 10.8. The van der Waals surface area contributed by atoms with E-state index in [4.69, 9.17) is 11.2 Å². The van der Waals surface area contributed by atoms with Crippen LogP contribution in [-0.4, -0.2) is 13.2 Å². The summed E-state index contributed by atoms with van der Waals surface area (Å²) < 4.78 is 5.34. The van der Waals surface area contributed by atoms with Crippen LogP contribution in [-0.2, 0) is 4.74 Å². The van der Waals surface area contributed by atoms with Crippen LogP contribution < -0.4 is 0 Å². The lowest BCUT2D eigenvalue weighted by molar-refractivity contribution is 0.199. The topological polar surface area (TPSA) is 9.23 Å². The van der Waals surface area contributed by atoms with Crippen LogP contribution >= 0.6 is 0 Å². The van der Waals surface area contributed by atoms with Gasteiger partial charge in [0, 0.05) is 0 Å². The van der Waals surface area contributed by atoms with E-state index >= 15 is 0 Å². The van der Waals surface area contributed by atoms with Crippen molar-refractivity contribution >= 4 is 5.57 Å². The first-order chi connectivity index (χ1) is 9.42. The Bertz CT molecular complexity index is 520. The van der Waals surface area contributed by atoms with E-state index in [2.05, 4.69) is 36.3 Å². The van der Waals surface area contributed by atoms with Crippen LogP contribution in [0.4, 0.5) is 0 Å². The number of benzene rings is 2. The third-order valence-corrected chi connectivity index (χ3v) is 2.76. The molecule has 0 bridgehead atoms. The summed E-state index contributed by atoms with van der Waals surface area (Å²) in [6, 6.07) is 20.6. The zero-order chi connectivity index (χ0) is 13.3. The SMILES string of the molecule is C#CCOCC=C(c1ccccc1)c1ccccc1. The molecule has 0 unspecified atom stereocenters. The molecule has 2 aromatic carbocycles. The van der Waals surface area contributed by atoms with Gasteiger partial charge in [-0.3, -0.25) is 0 Å². The summed E-state index contributed by atoms with van der Waals surface area (Å²) in [6.45, 7) is 0.858. The van der Waals surface area contributed by atoms with Crippen molar-refractivity contribution in [3.63, 3.8) is 0 Å². The van der Waals surface area contributed by atoms with Crippen molar-refractivity contribution in [2.75, 3.05) is 13.2 Å². The Morgan fingerprint density at radius 1 is 0.947 bits per heavy atom. The average Bonchev–Trinajstić information content (AvgIpc) is 2.49. The molecule has 0 atom stereocenters. The minimum absolute atomic E-state index is 0.341. The number of hydrogen-bond donors (Lipinski definition) is 0. The molecule has 19 heavy (non-hydrogen) atoms. The van der Waals surface area contributed by atoms with Gasteiger partial charge in [0.25, 0.3) is 0 Å². The highest BCUT2D eigenvalue weighted by Gasteiger charge is 2.03. The Balaban J connectivity index is 2.27. The second-order valence-electron chi connectivity index (χ2n) is 4.07. The Hall–Kier alpha value is -2.30. The molecule has 0 saturated heterocycles. The molecule has 0 amide bonds. The maximum Gasteiger partial charge on any atom is 0.107 e. The fourth-order valence-electron chi connectivity index (χ4n) is 1.90. The number of hydrogen-bond acceptors (Lipinski definition) is 1. The van der Waals surface area contributed by atoms with E-state index in [1.54, 1.807) is 0 Å². The summed E-state index contributed by atoms with van der Waals surface area (Å²) in [5, 5.41) is 0. The summed E-state index contributed by atoms with van der Waals surface area (Å²) in [5.74, 6) is 2.47. The lowest BCUT2D eigenvalue weighted by Gasteiger charge is -2.08. The molecule has 0 aromatic heterocycles. The number of ether oxygens (including phenoxy) is 1. The van der Waals surface area contributed by atoms with E-state index in [1.165, 1.54) is 16.7 Å². The highest BCUT2D eigenvalue weighted by Crippen LogP contribution is 2.22. The fraction of sp³-hybridized carbons (Fsp3) is 0.111. The van der Waals surface area contributed by atoms with Crippen molar-refractivity contribution in [2.45, 2.75) is 0 Å². The van der Waals surface area contributed by atoms with Crippen LogP contribution in [0.2, 0.25) is 0 Å². The molecule has 2 rings (SSSR count). The van der Waals surface area contributed by atoms with Gasteiger partial charge < -0.3 is 4.74 Å². The largest absolute Gasteiger partial charge is 0.365 e. The second-order valence-corrected chi connectivity index (χ2v) is 4.07. The van der Waals surface area contributed by atoms with Gasteiger partial charge in [0.1, 0.15) is 6.61 Å². The first kappa shape index (κ1) is 13.1. The zero-order valence-electron chi connectivity index (χ0n) is 10.8. The Morgan fingerprint density at radius 3 is 1.95 bits per heavy atom. The maximum atomic E-state index is 5.34. The molecule has 0 saturated carbocycles. The molecule has 0 aliphatic carbocycles. The summed E-state index contributed by atoms with van der Waals surface area (Å²) in [6.07, 6.45) is 7.24. The Morgan fingerprint density at radius 2 is 1.47 bits per heavy atom. The molecule has 0 fully saturated rings. The first-order valence-corrected chi connectivity index (χ1v) is 6.24. The highest BCUT2D eigenvalue weighted by molar-refractivity contribution is 5.79. The van der Waals surface area contributed by atoms with Crippen molar-refractivity contribution in [1.82, 2.24) is 0 Å². The lowest BCUT2D eigenvalue weighted by Crippen LogP contribution is -1.94. The number of terminal acetylenes is 1. The summed E-state index contributed by atoms with van der Waals surface area (Å²) in [4.78, 5) is 0. The summed E-state index contributed by atoms with van der Waals surface area (Å²) in [5.41, 5.74) is 3.52. The molecule has 0 radical (unpaired) electrons. The fourth-order valence-corrected chi connectivity index (χ4v) is 1.90. The van der Waals surface area contributed by atoms with Crippen LogP contribution in [0, 0.1) is 12.3 Å². The second kappa shape index (κ2) is 7.20. The first-order valence-electron chi connectivity index (χ1n) is 6.24. The van der Waals surface area contributed by atoms with Crippen LogP contribution in [0.5, 0.6) is 0 Å². The van der Waals surface area contributed by atoms with E-state index in [0.29, 0.717) is 13.2 Å². The monoisotopic (exact) mass is 248 g/mol. The molecule has 1 heteroatoms. The van der Waals surface area contributed by atoms with Crippen molar-refractivity contribution in [3.05, 3.63) is 77.9 Å². The smallest absolute Gasteiger partial charge is 0.107 e. The van der Waals surface area contributed by atoms with E-state index < -0.39 is 0 Å². The van der Waals surface area contributed by atoms with Crippen LogP contribution in [0.3, 0.4) is 0 Å². The Kier molecular flexibility index (Phi) is 4.98. The van der Waals surface area contributed by atoms with Crippen molar-refractivity contribution < 1.29 is 4.74 Å². The summed E-state index contributed by atoms with van der Waals surface area (Å²) >= 11 is 0. The van der Waals surface area contributed by atoms with Crippen molar-refractivity contribution in [3.8, 4) is 12.3 Å². The van der Waals surface area contributed by atoms with Crippen molar-refractivity contribution in [2.24, 2.45) is 0 Å². The molecule has 0 aliphatic heterocycles. The van der Waals surface area contributed by atoms with Crippen LogP contribution in [0.25, 0.3) is 5.57 Å². The molecule has 1 nitrogen and oxygen atoms in total.